The van der Waals surface area contributed by atoms with Gasteiger partial charge in [0.15, 0.2) is 5.96 Å². The third-order valence-corrected chi connectivity index (χ3v) is 3.83. The zero-order valence-corrected chi connectivity index (χ0v) is 15.3. The SMILES string of the molecule is CCOc1cc(C)ccc1CNC(=NC)NCc1ccccc1[N+](=O)[O-]. The molecule has 26 heavy (non-hydrogen) atoms. The highest BCUT2D eigenvalue weighted by Crippen LogP contribution is 2.20. The molecule has 0 aromatic heterocycles. The summed E-state index contributed by atoms with van der Waals surface area (Å²) in [6.45, 7) is 5.41. The quantitative estimate of drug-likeness (QED) is 0.344. The monoisotopic (exact) mass is 356 g/mol. The van der Waals surface area contributed by atoms with E-state index in [4.69, 9.17) is 4.74 Å². The number of guanidine groups is 1. The Kier molecular flexibility index (Phi) is 6.96. The second-order valence-electron chi connectivity index (χ2n) is 5.71. The van der Waals surface area contributed by atoms with E-state index in [0.717, 1.165) is 16.9 Å². The maximum absolute atomic E-state index is 11.1. The van der Waals surface area contributed by atoms with Crippen LogP contribution in [0.5, 0.6) is 5.75 Å². The molecule has 0 bridgehead atoms. The van der Waals surface area contributed by atoms with Crippen LogP contribution < -0.4 is 15.4 Å². The van der Waals surface area contributed by atoms with Gasteiger partial charge in [-0.25, -0.2) is 0 Å². The Morgan fingerprint density at radius 2 is 1.85 bits per heavy atom. The lowest BCUT2D eigenvalue weighted by atomic mass is 10.1. The van der Waals surface area contributed by atoms with Crippen molar-refractivity contribution < 1.29 is 9.66 Å². The first kappa shape index (κ1) is 19.2. The van der Waals surface area contributed by atoms with Gasteiger partial charge in [0.25, 0.3) is 5.69 Å². The second kappa shape index (κ2) is 9.41. The molecule has 0 saturated carbocycles. The van der Waals surface area contributed by atoms with Crippen LogP contribution in [-0.4, -0.2) is 24.5 Å². The van der Waals surface area contributed by atoms with E-state index in [9.17, 15) is 10.1 Å². The molecule has 0 fully saturated rings. The molecule has 0 saturated heterocycles. The third-order valence-electron chi connectivity index (χ3n) is 3.83. The molecule has 2 aromatic carbocycles. The number of aryl methyl sites for hydroxylation is 1. The molecule has 0 spiro atoms. The fourth-order valence-corrected chi connectivity index (χ4v) is 2.51. The van der Waals surface area contributed by atoms with Crippen molar-refractivity contribution in [2.24, 2.45) is 4.99 Å². The van der Waals surface area contributed by atoms with Crippen LogP contribution in [0.25, 0.3) is 0 Å². The van der Waals surface area contributed by atoms with Gasteiger partial charge in [0.05, 0.1) is 11.5 Å². The standard InChI is InChI=1S/C19H24N4O3/c1-4-26-18-11-14(2)9-10-16(18)13-22-19(20-3)21-12-15-7-5-6-8-17(15)23(24)25/h5-11H,4,12-13H2,1-3H3,(H2,20,21,22). The minimum absolute atomic E-state index is 0.0904. The predicted octanol–water partition coefficient (Wildman–Crippen LogP) is 3.17. The Bertz CT molecular complexity index is 790. The van der Waals surface area contributed by atoms with Crippen molar-refractivity contribution >= 4 is 11.6 Å². The molecule has 0 aliphatic rings. The average Bonchev–Trinajstić information content (AvgIpc) is 2.63. The fraction of sp³-hybridized carbons (Fsp3) is 0.316. The minimum atomic E-state index is -0.381. The summed E-state index contributed by atoms with van der Waals surface area (Å²) in [6.07, 6.45) is 0. The Balaban J connectivity index is 2.00. The van der Waals surface area contributed by atoms with Gasteiger partial charge >= 0.3 is 0 Å². The van der Waals surface area contributed by atoms with Crippen molar-refractivity contribution in [3.63, 3.8) is 0 Å². The maximum atomic E-state index is 11.1. The highest BCUT2D eigenvalue weighted by molar-refractivity contribution is 5.79. The molecule has 7 heteroatoms. The average molecular weight is 356 g/mol. The van der Waals surface area contributed by atoms with Crippen molar-refractivity contribution in [3.05, 3.63) is 69.3 Å². The number of para-hydroxylation sites is 1. The van der Waals surface area contributed by atoms with Crippen molar-refractivity contribution in [1.29, 1.82) is 0 Å². The molecule has 0 heterocycles. The van der Waals surface area contributed by atoms with Crippen LogP contribution in [0.2, 0.25) is 0 Å². The number of benzene rings is 2. The summed E-state index contributed by atoms with van der Waals surface area (Å²) in [5.41, 5.74) is 2.85. The highest BCUT2D eigenvalue weighted by Gasteiger charge is 2.12. The molecule has 0 aliphatic carbocycles. The topological polar surface area (TPSA) is 88.8 Å². The normalized spacial score (nSPS) is 11.1. The van der Waals surface area contributed by atoms with E-state index < -0.39 is 0 Å². The molecule has 0 amide bonds. The molecule has 2 rings (SSSR count). The van der Waals surface area contributed by atoms with Crippen LogP contribution >= 0.6 is 0 Å². The van der Waals surface area contributed by atoms with Crippen molar-refractivity contribution in [2.75, 3.05) is 13.7 Å². The number of hydrogen-bond donors (Lipinski definition) is 2. The van der Waals surface area contributed by atoms with Gasteiger partial charge in [-0.3, -0.25) is 15.1 Å². The number of nitrogens with zero attached hydrogens (tertiary/aromatic N) is 2. The van der Waals surface area contributed by atoms with Gasteiger partial charge in [0, 0.05) is 37.3 Å². The van der Waals surface area contributed by atoms with Crippen LogP contribution in [0.4, 0.5) is 5.69 Å². The fourth-order valence-electron chi connectivity index (χ4n) is 2.51. The minimum Gasteiger partial charge on any atom is -0.494 e. The largest absolute Gasteiger partial charge is 0.494 e. The summed E-state index contributed by atoms with van der Waals surface area (Å²) < 4.78 is 5.68. The smallest absolute Gasteiger partial charge is 0.274 e. The van der Waals surface area contributed by atoms with E-state index in [1.54, 1.807) is 25.2 Å². The van der Waals surface area contributed by atoms with Gasteiger partial charge in [-0.1, -0.05) is 30.3 Å². The molecule has 7 nitrogen and oxygen atoms in total. The first-order valence-corrected chi connectivity index (χ1v) is 8.44. The van der Waals surface area contributed by atoms with Gasteiger partial charge < -0.3 is 15.4 Å². The zero-order chi connectivity index (χ0) is 18.9. The lowest BCUT2D eigenvalue weighted by molar-refractivity contribution is -0.385. The lowest BCUT2D eigenvalue weighted by Gasteiger charge is -2.15. The molecule has 0 aliphatic heterocycles. The van der Waals surface area contributed by atoms with Gasteiger partial charge in [-0.2, -0.15) is 0 Å². The number of nitrogens with one attached hydrogen (secondary N) is 2. The number of nitro benzene ring substituents is 1. The summed E-state index contributed by atoms with van der Waals surface area (Å²) in [5.74, 6) is 1.40. The van der Waals surface area contributed by atoms with Crippen LogP contribution in [0, 0.1) is 17.0 Å². The van der Waals surface area contributed by atoms with Crippen LogP contribution in [0.3, 0.4) is 0 Å². The van der Waals surface area contributed by atoms with E-state index >= 15 is 0 Å². The number of hydrogen-bond acceptors (Lipinski definition) is 4. The molecule has 0 unspecified atom stereocenters. The predicted molar refractivity (Wildman–Crippen MR) is 102 cm³/mol. The van der Waals surface area contributed by atoms with Crippen LogP contribution in [0.1, 0.15) is 23.6 Å². The first-order chi connectivity index (χ1) is 12.5. The molecule has 2 N–H and O–H groups in total. The van der Waals surface area contributed by atoms with Gasteiger partial charge in [-0.05, 0) is 25.5 Å². The number of nitro groups is 1. The molecular formula is C19H24N4O3. The number of rotatable bonds is 7. The van der Waals surface area contributed by atoms with Crippen LogP contribution in [-0.2, 0) is 13.1 Å². The molecule has 0 radical (unpaired) electrons. The third kappa shape index (κ3) is 5.20. The number of aliphatic imine (C=N–C) groups is 1. The van der Waals surface area contributed by atoms with Gasteiger partial charge in [0.1, 0.15) is 5.75 Å². The Hall–Kier alpha value is -3.09. The molecule has 2 aromatic rings. The molecular weight excluding hydrogens is 332 g/mol. The van der Waals surface area contributed by atoms with E-state index in [0.29, 0.717) is 31.2 Å². The van der Waals surface area contributed by atoms with Gasteiger partial charge in [0.2, 0.25) is 0 Å². The van der Waals surface area contributed by atoms with E-state index in [1.165, 1.54) is 6.07 Å². The summed E-state index contributed by atoms with van der Waals surface area (Å²) in [6, 6.07) is 12.7. The summed E-state index contributed by atoms with van der Waals surface area (Å²) in [7, 11) is 1.66. The highest BCUT2D eigenvalue weighted by atomic mass is 16.6. The van der Waals surface area contributed by atoms with Gasteiger partial charge in [-0.15, -0.1) is 0 Å². The first-order valence-electron chi connectivity index (χ1n) is 8.44. The second-order valence-corrected chi connectivity index (χ2v) is 5.71. The van der Waals surface area contributed by atoms with Crippen molar-refractivity contribution in [1.82, 2.24) is 10.6 Å². The summed E-state index contributed by atoms with van der Waals surface area (Å²) in [4.78, 5) is 14.9. The Morgan fingerprint density at radius 1 is 1.15 bits per heavy atom. The Labute approximate surface area is 153 Å². The summed E-state index contributed by atoms with van der Waals surface area (Å²) >= 11 is 0. The molecule has 138 valence electrons. The van der Waals surface area contributed by atoms with Crippen molar-refractivity contribution in [2.45, 2.75) is 26.9 Å². The van der Waals surface area contributed by atoms with Crippen LogP contribution in [0.15, 0.2) is 47.5 Å². The van der Waals surface area contributed by atoms with Crippen molar-refractivity contribution in [3.8, 4) is 5.75 Å². The number of ether oxygens (including phenoxy) is 1. The Morgan fingerprint density at radius 3 is 2.50 bits per heavy atom. The maximum Gasteiger partial charge on any atom is 0.274 e. The lowest BCUT2D eigenvalue weighted by Crippen LogP contribution is -2.36. The van der Waals surface area contributed by atoms with E-state index in [1.807, 2.05) is 32.0 Å². The van der Waals surface area contributed by atoms with E-state index in [2.05, 4.69) is 15.6 Å². The zero-order valence-electron chi connectivity index (χ0n) is 15.3. The van der Waals surface area contributed by atoms with E-state index in [-0.39, 0.29) is 10.6 Å². The molecule has 0 atom stereocenters. The summed E-state index contributed by atoms with van der Waals surface area (Å²) in [5, 5.41) is 17.4.